The second-order valence-corrected chi connectivity index (χ2v) is 5.04. The molecule has 6 nitrogen and oxygen atoms in total. The lowest BCUT2D eigenvalue weighted by Gasteiger charge is -2.34. The van der Waals surface area contributed by atoms with E-state index in [0.29, 0.717) is 31.1 Å². The van der Waals surface area contributed by atoms with Crippen molar-refractivity contribution >= 4 is 17.5 Å². The molecule has 0 radical (unpaired) electrons. The quantitative estimate of drug-likeness (QED) is 0.846. The number of alkyl halides is 1. The van der Waals surface area contributed by atoms with E-state index in [4.69, 9.17) is 15.2 Å². The lowest BCUT2D eigenvalue weighted by Crippen LogP contribution is -2.43. The summed E-state index contributed by atoms with van der Waals surface area (Å²) < 4.78 is 24.4. The average Bonchev–Trinajstić information content (AvgIpc) is 2.89. The van der Waals surface area contributed by atoms with Crippen LogP contribution in [0.15, 0.2) is 24.3 Å². The van der Waals surface area contributed by atoms with E-state index in [1.807, 2.05) is 12.1 Å². The Kier molecular flexibility index (Phi) is 3.94. The Hall–Kier alpha value is -1.86. The van der Waals surface area contributed by atoms with Crippen molar-refractivity contribution in [2.75, 3.05) is 42.6 Å². The molecule has 2 saturated heterocycles. The molecule has 2 fully saturated rings. The summed E-state index contributed by atoms with van der Waals surface area (Å²) in [5, 5.41) is 0. The number of hydrogen-bond donors (Lipinski definition) is 1. The second-order valence-electron chi connectivity index (χ2n) is 5.04. The van der Waals surface area contributed by atoms with E-state index in [1.54, 1.807) is 17.0 Å². The minimum Gasteiger partial charge on any atom is -0.443 e. The van der Waals surface area contributed by atoms with Gasteiger partial charge in [0.1, 0.15) is 6.10 Å². The molecule has 2 aliphatic heterocycles. The molecule has 114 valence electrons. The first-order valence-electron chi connectivity index (χ1n) is 6.96. The lowest BCUT2D eigenvalue weighted by molar-refractivity contribution is 0.0497. The molecule has 1 aromatic rings. The zero-order chi connectivity index (χ0) is 14.8. The van der Waals surface area contributed by atoms with Gasteiger partial charge in [0, 0.05) is 13.1 Å². The summed E-state index contributed by atoms with van der Waals surface area (Å²) in [5.74, 6) is 0. The van der Waals surface area contributed by atoms with Gasteiger partial charge >= 0.3 is 6.09 Å². The fourth-order valence-electron chi connectivity index (χ4n) is 2.62. The third-order valence-electron chi connectivity index (χ3n) is 3.69. The molecule has 0 bridgehead atoms. The number of halogens is 1. The normalized spacial score (nSPS) is 26.1. The summed E-state index contributed by atoms with van der Waals surface area (Å²) in [6.07, 6.45) is -1.98. The predicted molar refractivity (Wildman–Crippen MR) is 76.2 cm³/mol. The van der Waals surface area contributed by atoms with Crippen LogP contribution in [0.1, 0.15) is 0 Å². The van der Waals surface area contributed by atoms with Crippen molar-refractivity contribution < 1.29 is 18.7 Å². The zero-order valence-corrected chi connectivity index (χ0v) is 11.6. The first-order valence-corrected chi connectivity index (χ1v) is 6.96. The molecule has 0 aliphatic carbocycles. The number of carbonyl (C=O) groups excluding carboxylic acids is 1. The third kappa shape index (κ3) is 2.66. The Morgan fingerprint density at radius 2 is 2.10 bits per heavy atom. The topological polar surface area (TPSA) is 68.0 Å². The molecule has 7 heteroatoms. The van der Waals surface area contributed by atoms with Crippen LogP contribution in [0.3, 0.4) is 0 Å². The van der Waals surface area contributed by atoms with Gasteiger partial charge in [-0.05, 0) is 12.1 Å². The SMILES string of the molecule is NCC1CN(c2ccccc2N2CCOCC2F)C(=O)O1. The van der Waals surface area contributed by atoms with Crippen molar-refractivity contribution in [3.8, 4) is 0 Å². The molecule has 2 atom stereocenters. The summed E-state index contributed by atoms with van der Waals surface area (Å²) in [4.78, 5) is 15.1. The van der Waals surface area contributed by atoms with Crippen molar-refractivity contribution in [3.63, 3.8) is 0 Å². The Labute approximate surface area is 122 Å². The zero-order valence-electron chi connectivity index (χ0n) is 11.6. The van der Waals surface area contributed by atoms with Crippen molar-refractivity contribution in [2.45, 2.75) is 12.4 Å². The van der Waals surface area contributed by atoms with Crippen LogP contribution in [0.5, 0.6) is 0 Å². The van der Waals surface area contributed by atoms with Gasteiger partial charge in [-0.15, -0.1) is 0 Å². The van der Waals surface area contributed by atoms with Gasteiger partial charge in [-0.3, -0.25) is 4.90 Å². The highest BCUT2D eigenvalue weighted by Gasteiger charge is 2.34. The van der Waals surface area contributed by atoms with E-state index in [-0.39, 0.29) is 19.3 Å². The average molecular weight is 295 g/mol. The van der Waals surface area contributed by atoms with Gasteiger partial charge in [0.25, 0.3) is 0 Å². The van der Waals surface area contributed by atoms with Crippen LogP contribution >= 0.6 is 0 Å². The molecular formula is C14H18FN3O3. The molecular weight excluding hydrogens is 277 g/mol. The van der Waals surface area contributed by atoms with E-state index < -0.39 is 12.4 Å². The lowest BCUT2D eigenvalue weighted by atomic mass is 10.2. The number of ether oxygens (including phenoxy) is 2. The predicted octanol–water partition coefficient (Wildman–Crippen LogP) is 1.10. The first kappa shape index (κ1) is 14.1. The third-order valence-corrected chi connectivity index (χ3v) is 3.69. The molecule has 1 amide bonds. The largest absolute Gasteiger partial charge is 0.443 e. The number of hydrogen-bond acceptors (Lipinski definition) is 5. The summed E-state index contributed by atoms with van der Waals surface area (Å²) >= 11 is 0. The number of para-hydroxylation sites is 2. The van der Waals surface area contributed by atoms with E-state index in [2.05, 4.69) is 0 Å². The molecule has 0 aromatic heterocycles. The van der Waals surface area contributed by atoms with Crippen LogP contribution in [0, 0.1) is 0 Å². The molecule has 3 rings (SSSR count). The molecule has 2 N–H and O–H groups in total. The smallest absolute Gasteiger partial charge is 0.414 e. The Bertz CT molecular complexity index is 528. The first-order chi connectivity index (χ1) is 10.2. The monoisotopic (exact) mass is 295 g/mol. The molecule has 0 saturated carbocycles. The van der Waals surface area contributed by atoms with Gasteiger partial charge in [0.05, 0.1) is 31.1 Å². The number of cyclic esters (lactones) is 1. The maximum atomic E-state index is 14.1. The van der Waals surface area contributed by atoms with E-state index in [9.17, 15) is 9.18 Å². The Morgan fingerprint density at radius 3 is 2.76 bits per heavy atom. The Morgan fingerprint density at radius 1 is 1.33 bits per heavy atom. The van der Waals surface area contributed by atoms with Crippen LogP contribution in [0.4, 0.5) is 20.6 Å². The summed E-state index contributed by atoms with van der Waals surface area (Å²) in [6.45, 7) is 1.59. The van der Waals surface area contributed by atoms with E-state index >= 15 is 0 Å². The van der Waals surface area contributed by atoms with Crippen LogP contribution in [0.25, 0.3) is 0 Å². The number of rotatable bonds is 3. The highest BCUT2D eigenvalue weighted by Crippen LogP contribution is 2.34. The summed E-state index contributed by atoms with van der Waals surface area (Å²) in [7, 11) is 0. The van der Waals surface area contributed by atoms with Crippen LogP contribution in [-0.4, -0.2) is 51.3 Å². The summed E-state index contributed by atoms with van der Waals surface area (Å²) in [6, 6.07) is 7.23. The highest BCUT2D eigenvalue weighted by molar-refractivity contribution is 5.94. The number of amides is 1. The van der Waals surface area contributed by atoms with Crippen LogP contribution in [-0.2, 0) is 9.47 Å². The molecule has 2 unspecified atom stereocenters. The van der Waals surface area contributed by atoms with Gasteiger partial charge in [-0.25, -0.2) is 9.18 Å². The molecule has 21 heavy (non-hydrogen) atoms. The minimum absolute atomic E-state index is 0.0320. The fraction of sp³-hybridized carbons (Fsp3) is 0.500. The minimum atomic E-state index is -1.22. The molecule has 2 aliphatic rings. The van der Waals surface area contributed by atoms with E-state index in [1.165, 1.54) is 4.90 Å². The number of nitrogens with two attached hydrogens (primary N) is 1. The van der Waals surface area contributed by atoms with Gasteiger partial charge in [-0.2, -0.15) is 0 Å². The van der Waals surface area contributed by atoms with Crippen molar-refractivity contribution in [1.82, 2.24) is 0 Å². The van der Waals surface area contributed by atoms with Gasteiger partial charge in [0.2, 0.25) is 0 Å². The highest BCUT2D eigenvalue weighted by atomic mass is 19.1. The number of benzene rings is 1. The van der Waals surface area contributed by atoms with Gasteiger partial charge in [-0.1, -0.05) is 12.1 Å². The molecule has 2 heterocycles. The van der Waals surface area contributed by atoms with Crippen molar-refractivity contribution in [3.05, 3.63) is 24.3 Å². The maximum Gasteiger partial charge on any atom is 0.414 e. The molecule has 0 spiro atoms. The molecule has 1 aromatic carbocycles. The van der Waals surface area contributed by atoms with Crippen molar-refractivity contribution in [2.24, 2.45) is 5.73 Å². The number of nitrogens with zero attached hydrogens (tertiary/aromatic N) is 2. The standard InChI is InChI=1S/C14H18FN3O3/c15-13-9-20-6-5-17(13)11-3-1-2-4-12(11)18-8-10(7-16)21-14(18)19/h1-4,10,13H,5-9,16H2. The Balaban J connectivity index is 1.91. The van der Waals surface area contributed by atoms with Crippen molar-refractivity contribution in [1.29, 1.82) is 0 Å². The summed E-state index contributed by atoms with van der Waals surface area (Å²) in [5.41, 5.74) is 6.86. The number of anilines is 2. The second kappa shape index (κ2) is 5.87. The van der Waals surface area contributed by atoms with Gasteiger partial charge in [0.15, 0.2) is 6.30 Å². The van der Waals surface area contributed by atoms with Crippen LogP contribution < -0.4 is 15.5 Å². The van der Waals surface area contributed by atoms with E-state index in [0.717, 1.165) is 0 Å². The fourth-order valence-corrected chi connectivity index (χ4v) is 2.62. The van der Waals surface area contributed by atoms with Gasteiger partial charge < -0.3 is 20.1 Å². The number of morpholine rings is 1. The number of carbonyl (C=O) groups is 1. The maximum absolute atomic E-state index is 14.1. The van der Waals surface area contributed by atoms with Crippen LogP contribution in [0.2, 0.25) is 0 Å².